The number of aromatic nitrogens is 3. The Bertz CT molecular complexity index is 1590. The second kappa shape index (κ2) is 7.93. The third kappa shape index (κ3) is 3.40. The lowest BCUT2D eigenvalue weighted by Crippen LogP contribution is -2.00. The Morgan fingerprint density at radius 2 is 1.22 bits per heavy atom. The van der Waals surface area contributed by atoms with Gasteiger partial charge in [-0.1, -0.05) is 88.7 Å². The summed E-state index contributed by atoms with van der Waals surface area (Å²) in [5.74, 6) is 2.02. The van der Waals surface area contributed by atoms with Gasteiger partial charge in [-0.15, -0.1) is 11.3 Å². The average Bonchev–Trinajstić information content (AvgIpc) is 3.23. The summed E-state index contributed by atoms with van der Waals surface area (Å²) in [6, 6.07) is 33.0. The summed E-state index contributed by atoms with van der Waals surface area (Å²) < 4.78 is 3.45. The first-order valence-electron chi connectivity index (χ1n) is 10.2. The minimum atomic E-state index is 0.660. The fourth-order valence-electron chi connectivity index (χ4n) is 3.89. The van der Waals surface area contributed by atoms with E-state index in [0.29, 0.717) is 17.5 Å². The molecule has 0 fully saturated rings. The Balaban J connectivity index is 1.63. The number of halogens is 1. The third-order valence-corrected chi connectivity index (χ3v) is 7.11. The van der Waals surface area contributed by atoms with Gasteiger partial charge in [-0.25, -0.2) is 15.0 Å². The molecule has 0 amide bonds. The minimum Gasteiger partial charge on any atom is -0.208 e. The maximum atomic E-state index is 4.92. The Morgan fingerprint density at radius 3 is 2.06 bits per heavy atom. The summed E-state index contributed by atoms with van der Waals surface area (Å²) in [6.07, 6.45) is 0. The van der Waals surface area contributed by atoms with E-state index in [4.69, 9.17) is 15.0 Å². The number of hydrogen-bond donors (Lipinski definition) is 0. The number of hydrogen-bond acceptors (Lipinski definition) is 4. The van der Waals surface area contributed by atoms with Gasteiger partial charge in [0.1, 0.15) is 0 Å². The van der Waals surface area contributed by atoms with Gasteiger partial charge in [0.2, 0.25) is 0 Å². The van der Waals surface area contributed by atoms with Crippen molar-refractivity contribution in [2.75, 3.05) is 0 Å². The van der Waals surface area contributed by atoms with Crippen LogP contribution < -0.4 is 0 Å². The number of benzene rings is 4. The molecule has 2 aromatic heterocycles. The van der Waals surface area contributed by atoms with Crippen LogP contribution in [0, 0.1) is 0 Å². The molecule has 3 nitrogen and oxygen atoms in total. The molecule has 0 atom stereocenters. The molecule has 6 rings (SSSR count). The van der Waals surface area contributed by atoms with Crippen molar-refractivity contribution in [2.24, 2.45) is 0 Å². The number of rotatable bonds is 3. The molecule has 0 aliphatic carbocycles. The SMILES string of the molecule is Brc1cccc(-c2nc(-c3ccccc3)nc(-c3cccc4c3sc3ccccc34)n2)c1. The van der Waals surface area contributed by atoms with Gasteiger partial charge in [-0.05, 0) is 24.3 Å². The monoisotopic (exact) mass is 493 g/mol. The van der Waals surface area contributed by atoms with Crippen molar-refractivity contribution < 1.29 is 0 Å². The molecule has 0 unspecified atom stereocenters. The van der Waals surface area contributed by atoms with Crippen molar-refractivity contribution in [1.29, 1.82) is 0 Å². The zero-order valence-electron chi connectivity index (χ0n) is 16.9. The molecule has 0 radical (unpaired) electrons. The highest BCUT2D eigenvalue weighted by Gasteiger charge is 2.16. The smallest absolute Gasteiger partial charge is 0.165 e. The van der Waals surface area contributed by atoms with Gasteiger partial charge >= 0.3 is 0 Å². The predicted molar refractivity (Wildman–Crippen MR) is 137 cm³/mol. The van der Waals surface area contributed by atoms with E-state index in [2.05, 4.69) is 58.4 Å². The van der Waals surface area contributed by atoms with Crippen molar-refractivity contribution in [3.05, 3.63) is 102 Å². The first kappa shape index (κ1) is 19.3. The summed E-state index contributed by atoms with van der Waals surface area (Å²) in [7, 11) is 0. The summed E-state index contributed by atoms with van der Waals surface area (Å²) in [6.45, 7) is 0. The molecule has 0 spiro atoms. The summed E-state index contributed by atoms with van der Waals surface area (Å²) in [5.41, 5.74) is 2.94. The fourth-order valence-corrected chi connectivity index (χ4v) is 5.50. The Kier molecular flexibility index (Phi) is 4.78. The van der Waals surface area contributed by atoms with Gasteiger partial charge in [0.25, 0.3) is 0 Å². The van der Waals surface area contributed by atoms with E-state index in [-0.39, 0.29) is 0 Å². The van der Waals surface area contributed by atoms with Gasteiger partial charge in [0.05, 0.1) is 0 Å². The third-order valence-electron chi connectivity index (χ3n) is 5.40. The normalized spacial score (nSPS) is 11.3. The molecule has 32 heavy (non-hydrogen) atoms. The standard InChI is InChI=1S/C27H16BrN3S/c28-19-11-6-10-18(16-19)26-29-25(17-8-2-1-3-9-17)30-27(31-26)22-14-7-13-21-20-12-4-5-15-23(20)32-24(21)22/h1-16H. The molecule has 0 saturated heterocycles. The average molecular weight is 494 g/mol. The molecular formula is C27H16BrN3S. The zero-order valence-corrected chi connectivity index (χ0v) is 19.3. The van der Waals surface area contributed by atoms with Crippen molar-refractivity contribution >= 4 is 47.4 Å². The van der Waals surface area contributed by atoms with Crippen LogP contribution in [0.25, 0.3) is 54.3 Å². The topological polar surface area (TPSA) is 38.7 Å². The number of fused-ring (bicyclic) bond motifs is 3. The van der Waals surface area contributed by atoms with Crippen LogP contribution in [-0.4, -0.2) is 15.0 Å². The molecule has 0 saturated carbocycles. The largest absolute Gasteiger partial charge is 0.208 e. The van der Waals surface area contributed by atoms with Crippen LogP contribution in [0.4, 0.5) is 0 Å². The maximum absolute atomic E-state index is 4.92. The van der Waals surface area contributed by atoms with Crippen LogP contribution in [0.3, 0.4) is 0 Å². The Morgan fingerprint density at radius 1 is 0.562 bits per heavy atom. The Hall–Kier alpha value is -3.41. The van der Waals surface area contributed by atoms with Gasteiger partial charge in [-0.2, -0.15) is 0 Å². The van der Waals surface area contributed by atoms with Crippen molar-refractivity contribution in [3.63, 3.8) is 0 Å². The second-order valence-electron chi connectivity index (χ2n) is 7.46. The van der Waals surface area contributed by atoms with E-state index < -0.39 is 0 Å². The van der Waals surface area contributed by atoms with Crippen molar-refractivity contribution in [2.45, 2.75) is 0 Å². The summed E-state index contributed by atoms with van der Waals surface area (Å²) >= 11 is 5.35. The molecule has 6 aromatic rings. The quantitative estimate of drug-likeness (QED) is 0.250. The van der Waals surface area contributed by atoms with Gasteiger partial charge in [-0.3, -0.25) is 0 Å². The maximum Gasteiger partial charge on any atom is 0.165 e. The van der Waals surface area contributed by atoms with Gasteiger partial charge in [0, 0.05) is 41.3 Å². The highest BCUT2D eigenvalue weighted by atomic mass is 79.9. The molecule has 152 valence electrons. The van der Waals surface area contributed by atoms with Crippen LogP contribution in [0.5, 0.6) is 0 Å². The van der Waals surface area contributed by atoms with Crippen LogP contribution >= 0.6 is 27.3 Å². The highest BCUT2D eigenvalue weighted by Crippen LogP contribution is 2.39. The first-order valence-corrected chi connectivity index (χ1v) is 11.9. The minimum absolute atomic E-state index is 0.660. The van der Waals surface area contributed by atoms with Gasteiger partial charge < -0.3 is 0 Å². The van der Waals surface area contributed by atoms with E-state index in [1.807, 2.05) is 54.6 Å². The lowest BCUT2D eigenvalue weighted by Gasteiger charge is -2.09. The molecule has 0 N–H and O–H groups in total. The van der Waals surface area contributed by atoms with Crippen molar-refractivity contribution in [3.8, 4) is 34.2 Å². The van der Waals surface area contributed by atoms with Crippen molar-refractivity contribution in [1.82, 2.24) is 15.0 Å². The highest BCUT2D eigenvalue weighted by molar-refractivity contribution is 9.10. The summed E-state index contributed by atoms with van der Waals surface area (Å²) in [4.78, 5) is 14.7. The molecule has 2 heterocycles. The molecule has 0 aliphatic heterocycles. The van der Waals surface area contributed by atoms with Crippen LogP contribution in [0.2, 0.25) is 0 Å². The fraction of sp³-hybridized carbons (Fsp3) is 0. The van der Waals surface area contributed by atoms with Crippen LogP contribution in [0.15, 0.2) is 102 Å². The van der Waals surface area contributed by atoms with E-state index in [1.54, 1.807) is 11.3 Å². The second-order valence-corrected chi connectivity index (χ2v) is 9.43. The molecule has 4 aromatic carbocycles. The molecule has 0 aliphatic rings. The lowest BCUT2D eigenvalue weighted by molar-refractivity contribution is 1.08. The first-order chi connectivity index (χ1) is 15.8. The van der Waals surface area contributed by atoms with E-state index >= 15 is 0 Å². The van der Waals surface area contributed by atoms with Gasteiger partial charge in [0.15, 0.2) is 17.5 Å². The summed E-state index contributed by atoms with van der Waals surface area (Å²) in [5, 5.41) is 2.49. The molecule has 0 bridgehead atoms. The number of nitrogens with zero attached hydrogens (tertiary/aromatic N) is 3. The van der Waals surface area contributed by atoms with Crippen LogP contribution in [-0.2, 0) is 0 Å². The molecule has 5 heteroatoms. The molecular weight excluding hydrogens is 478 g/mol. The van der Waals surface area contributed by atoms with E-state index in [1.165, 1.54) is 20.2 Å². The predicted octanol–water partition coefficient (Wildman–Crippen LogP) is 8.00. The van der Waals surface area contributed by atoms with Crippen LogP contribution in [0.1, 0.15) is 0 Å². The zero-order chi connectivity index (χ0) is 21.5. The van der Waals surface area contributed by atoms with E-state index in [0.717, 1.165) is 21.2 Å². The van der Waals surface area contributed by atoms with E-state index in [9.17, 15) is 0 Å². The Labute approximate surface area is 197 Å². The lowest BCUT2D eigenvalue weighted by atomic mass is 10.1. The number of thiophene rings is 1.